The van der Waals surface area contributed by atoms with Crippen LogP contribution in [0.4, 0.5) is 0 Å². The molecule has 3 rings (SSSR count). The van der Waals surface area contributed by atoms with E-state index >= 15 is 0 Å². The van der Waals surface area contributed by atoms with Gasteiger partial charge in [0.15, 0.2) is 0 Å². The quantitative estimate of drug-likeness (QED) is 0.638. The Morgan fingerprint density at radius 2 is 1.52 bits per heavy atom. The lowest BCUT2D eigenvalue weighted by atomic mass is 10.2. The van der Waals surface area contributed by atoms with Crippen molar-refractivity contribution in [1.82, 2.24) is 4.31 Å². The summed E-state index contributed by atoms with van der Waals surface area (Å²) in [5.41, 5.74) is 0.314. The average molecular weight is 331 g/mol. The summed E-state index contributed by atoms with van der Waals surface area (Å²) in [5.74, 6) is -0.0624. The zero-order chi connectivity index (χ0) is 16.3. The van der Waals surface area contributed by atoms with Crippen LogP contribution in [-0.2, 0) is 10.0 Å². The Labute approximate surface area is 135 Å². The van der Waals surface area contributed by atoms with Crippen molar-refractivity contribution in [1.29, 1.82) is 0 Å². The standard InChI is InChI=1S/C17H17NO4S/c19-17(22-15-6-2-1-3-7-15)14-8-10-16(11-9-14)23(20,21)18-12-4-5-13-18/h1-3,6-11H,4-5,12-13H2. The fourth-order valence-electron chi connectivity index (χ4n) is 2.50. The molecule has 1 saturated heterocycles. The predicted octanol–water partition coefficient (Wildman–Crippen LogP) is 2.69. The van der Waals surface area contributed by atoms with Gasteiger partial charge in [-0.25, -0.2) is 13.2 Å². The third-order valence-corrected chi connectivity index (χ3v) is 5.66. The SMILES string of the molecule is O=C(Oc1ccccc1)c1ccc(S(=O)(=O)N2CCCC2)cc1. The molecular weight excluding hydrogens is 314 g/mol. The number of esters is 1. The Bertz CT molecular complexity index is 779. The topological polar surface area (TPSA) is 63.7 Å². The monoisotopic (exact) mass is 331 g/mol. The van der Waals surface area contributed by atoms with Crippen LogP contribution in [0.5, 0.6) is 5.75 Å². The molecule has 0 amide bonds. The molecule has 0 bridgehead atoms. The Morgan fingerprint density at radius 1 is 0.913 bits per heavy atom. The van der Waals surface area contributed by atoms with Gasteiger partial charge in [0.05, 0.1) is 10.5 Å². The number of benzene rings is 2. The van der Waals surface area contributed by atoms with Gasteiger partial charge in [-0.15, -0.1) is 0 Å². The van der Waals surface area contributed by atoms with Gasteiger partial charge in [-0.2, -0.15) is 4.31 Å². The third kappa shape index (κ3) is 3.43. The zero-order valence-corrected chi connectivity index (χ0v) is 13.3. The molecule has 0 unspecified atom stereocenters. The van der Waals surface area contributed by atoms with Crippen LogP contribution in [-0.4, -0.2) is 31.8 Å². The second-order valence-electron chi connectivity index (χ2n) is 5.34. The number of para-hydroxylation sites is 1. The van der Waals surface area contributed by atoms with E-state index in [1.165, 1.54) is 28.6 Å². The number of nitrogens with zero attached hydrogens (tertiary/aromatic N) is 1. The van der Waals surface area contributed by atoms with Gasteiger partial charge in [-0.05, 0) is 49.2 Å². The Morgan fingerprint density at radius 3 is 2.13 bits per heavy atom. The van der Waals surface area contributed by atoms with Crippen LogP contribution in [0.15, 0.2) is 59.5 Å². The smallest absolute Gasteiger partial charge is 0.343 e. The number of carbonyl (C=O) groups excluding carboxylic acids is 1. The molecule has 5 nitrogen and oxygen atoms in total. The van der Waals surface area contributed by atoms with Crippen molar-refractivity contribution in [2.24, 2.45) is 0 Å². The first kappa shape index (κ1) is 15.7. The highest BCUT2D eigenvalue weighted by Crippen LogP contribution is 2.21. The molecule has 0 aromatic heterocycles. The van der Waals surface area contributed by atoms with E-state index in [9.17, 15) is 13.2 Å². The number of sulfonamides is 1. The van der Waals surface area contributed by atoms with Crippen LogP contribution < -0.4 is 4.74 Å². The van der Waals surface area contributed by atoms with Gasteiger partial charge in [-0.1, -0.05) is 18.2 Å². The van der Waals surface area contributed by atoms with E-state index in [0.29, 0.717) is 24.4 Å². The van der Waals surface area contributed by atoms with Crippen LogP contribution in [0.2, 0.25) is 0 Å². The minimum Gasteiger partial charge on any atom is -0.423 e. The van der Waals surface area contributed by atoms with E-state index in [2.05, 4.69) is 0 Å². The molecule has 0 N–H and O–H groups in total. The zero-order valence-electron chi connectivity index (χ0n) is 12.5. The highest BCUT2D eigenvalue weighted by atomic mass is 32.2. The Hall–Kier alpha value is -2.18. The largest absolute Gasteiger partial charge is 0.423 e. The maximum Gasteiger partial charge on any atom is 0.343 e. The summed E-state index contributed by atoms with van der Waals surface area (Å²) < 4.78 is 31.5. The summed E-state index contributed by atoms with van der Waals surface area (Å²) in [5, 5.41) is 0. The van der Waals surface area contributed by atoms with E-state index in [0.717, 1.165) is 12.8 Å². The molecule has 0 spiro atoms. The highest BCUT2D eigenvalue weighted by Gasteiger charge is 2.27. The second-order valence-corrected chi connectivity index (χ2v) is 7.28. The number of carbonyl (C=O) groups is 1. The lowest BCUT2D eigenvalue weighted by Crippen LogP contribution is -2.27. The average Bonchev–Trinajstić information content (AvgIpc) is 3.11. The first-order chi connectivity index (χ1) is 11.1. The number of ether oxygens (including phenoxy) is 1. The summed E-state index contributed by atoms with van der Waals surface area (Å²) in [6, 6.07) is 14.6. The molecule has 6 heteroatoms. The van der Waals surface area contributed by atoms with Crippen molar-refractivity contribution in [2.45, 2.75) is 17.7 Å². The predicted molar refractivity (Wildman–Crippen MR) is 85.8 cm³/mol. The van der Waals surface area contributed by atoms with E-state index in [-0.39, 0.29) is 4.90 Å². The van der Waals surface area contributed by atoms with Crippen molar-refractivity contribution < 1.29 is 17.9 Å². The summed E-state index contributed by atoms with van der Waals surface area (Å²) in [6.45, 7) is 1.11. The molecular formula is C17H17NO4S. The van der Waals surface area contributed by atoms with Crippen LogP contribution in [0, 0.1) is 0 Å². The lowest BCUT2D eigenvalue weighted by Gasteiger charge is -2.15. The molecule has 23 heavy (non-hydrogen) atoms. The maximum atomic E-state index is 12.4. The summed E-state index contributed by atoms with van der Waals surface area (Å²) in [7, 11) is -3.46. The molecule has 0 radical (unpaired) electrons. The summed E-state index contributed by atoms with van der Waals surface area (Å²) in [6.07, 6.45) is 1.78. The van der Waals surface area contributed by atoms with Crippen molar-refractivity contribution in [2.75, 3.05) is 13.1 Å². The maximum absolute atomic E-state index is 12.4. The second kappa shape index (κ2) is 6.52. The summed E-state index contributed by atoms with van der Waals surface area (Å²) >= 11 is 0. The molecule has 0 atom stereocenters. The fraction of sp³-hybridized carbons (Fsp3) is 0.235. The van der Waals surface area contributed by atoms with E-state index in [1.807, 2.05) is 6.07 Å². The lowest BCUT2D eigenvalue weighted by molar-refractivity contribution is 0.0734. The van der Waals surface area contributed by atoms with Crippen LogP contribution in [0.25, 0.3) is 0 Å². The molecule has 2 aromatic rings. The van der Waals surface area contributed by atoms with Crippen LogP contribution in [0.3, 0.4) is 0 Å². The van der Waals surface area contributed by atoms with Gasteiger partial charge in [-0.3, -0.25) is 0 Å². The van der Waals surface area contributed by atoms with Gasteiger partial charge in [0.2, 0.25) is 10.0 Å². The molecule has 1 aliphatic heterocycles. The van der Waals surface area contributed by atoms with Gasteiger partial charge in [0, 0.05) is 13.1 Å². The van der Waals surface area contributed by atoms with Crippen LogP contribution >= 0.6 is 0 Å². The number of hydrogen-bond donors (Lipinski definition) is 0. The van der Waals surface area contributed by atoms with Crippen molar-refractivity contribution in [3.63, 3.8) is 0 Å². The Balaban J connectivity index is 1.75. The molecule has 0 saturated carbocycles. The van der Waals surface area contributed by atoms with Crippen molar-refractivity contribution in [3.8, 4) is 5.75 Å². The van der Waals surface area contributed by atoms with Gasteiger partial charge in [0.1, 0.15) is 5.75 Å². The fourth-order valence-corrected chi connectivity index (χ4v) is 4.01. The van der Waals surface area contributed by atoms with E-state index in [1.54, 1.807) is 24.3 Å². The van der Waals surface area contributed by atoms with Gasteiger partial charge < -0.3 is 4.74 Å². The van der Waals surface area contributed by atoms with Gasteiger partial charge in [0.25, 0.3) is 0 Å². The molecule has 1 heterocycles. The van der Waals surface area contributed by atoms with E-state index < -0.39 is 16.0 Å². The normalized spacial score (nSPS) is 15.5. The Kier molecular flexibility index (Phi) is 4.45. The number of rotatable bonds is 4. The highest BCUT2D eigenvalue weighted by molar-refractivity contribution is 7.89. The summed E-state index contributed by atoms with van der Waals surface area (Å²) in [4.78, 5) is 12.3. The molecule has 0 aliphatic carbocycles. The van der Waals surface area contributed by atoms with E-state index in [4.69, 9.17) is 4.74 Å². The first-order valence-corrected chi connectivity index (χ1v) is 8.89. The minimum atomic E-state index is -3.46. The van der Waals surface area contributed by atoms with Crippen LogP contribution in [0.1, 0.15) is 23.2 Å². The van der Waals surface area contributed by atoms with Crippen molar-refractivity contribution >= 4 is 16.0 Å². The molecule has 1 aliphatic rings. The molecule has 1 fully saturated rings. The first-order valence-electron chi connectivity index (χ1n) is 7.45. The molecule has 2 aromatic carbocycles. The number of hydrogen-bond acceptors (Lipinski definition) is 4. The molecule has 120 valence electrons. The van der Waals surface area contributed by atoms with Gasteiger partial charge >= 0.3 is 5.97 Å². The third-order valence-electron chi connectivity index (χ3n) is 3.75. The minimum absolute atomic E-state index is 0.204. The van der Waals surface area contributed by atoms with Crippen molar-refractivity contribution in [3.05, 3.63) is 60.2 Å².